The van der Waals surface area contributed by atoms with Gasteiger partial charge >= 0.3 is 5.97 Å². The second-order valence-corrected chi connectivity index (χ2v) is 12.8. The molecule has 242 valence electrons. The highest BCUT2D eigenvalue weighted by molar-refractivity contribution is 5.79. The zero-order valence-corrected chi connectivity index (χ0v) is 27.0. The Kier molecular flexibility index (Phi) is 11.7. The van der Waals surface area contributed by atoms with Gasteiger partial charge in [0.2, 0.25) is 12.7 Å². The van der Waals surface area contributed by atoms with E-state index >= 15 is 0 Å². The van der Waals surface area contributed by atoms with Crippen molar-refractivity contribution in [2.75, 3.05) is 74.4 Å². The van der Waals surface area contributed by atoms with Crippen LogP contribution in [-0.4, -0.2) is 112 Å². The van der Waals surface area contributed by atoms with Crippen molar-refractivity contribution < 1.29 is 38.1 Å². The SMILES string of the molecule is CCCCN(CCCC[N+](C)(C)C)C(=O)CN1C[C@H](c2ccc3c(c2)OCO3)C(C(=O)O)[C@@H]1CCOc1ccccc1OC. The molecule has 10 nitrogen and oxygen atoms in total. The molecule has 44 heavy (non-hydrogen) atoms. The van der Waals surface area contributed by atoms with E-state index in [4.69, 9.17) is 18.9 Å². The molecule has 0 spiro atoms. The fraction of sp³-hybridized carbons (Fsp3) is 0.588. The first-order valence-corrected chi connectivity index (χ1v) is 15.8. The number of hydrogen-bond donors (Lipinski definition) is 1. The third-order valence-corrected chi connectivity index (χ3v) is 8.58. The summed E-state index contributed by atoms with van der Waals surface area (Å²) < 4.78 is 23.5. The number of aliphatic carboxylic acids is 1. The maximum atomic E-state index is 13.8. The molecule has 1 unspecified atom stereocenters. The summed E-state index contributed by atoms with van der Waals surface area (Å²) in [4.78, 5) is 30.8. The molecule has 4 rings (SSSR count). The van der Waals surface area contributed by atoms with Crippen LogP contribution in [0.2, 0.25) is 0 Å². The number of quaternary nitrogens is 1. The molecule has 1 amide bonds. The molecule has 2 aliphatic rings. The summed E-state index contributed by atoms with van der Waals surface area (Å²) in [6.07, 6.45) is 4.37. The predicted molar refractivity (Wildman–Crippen MR) is 169 cm³/mol. The smallest absolute Gasteiger partial charge is 0.308 e. The molecule has 3 atom stereocenters. The van der Waals surface area contributed by atoms with Crippen LogP contribution in [0, 0.1) is 5.92 Å². The van der Waals surface area contributed by atoms with Crippen molar-refractivity contribution in [1.82, 2.24) is 9.80 Å². The minimum atomic E-state index is -0.881. The van der Waals surface area contributed by atoms with Gasteiger partial charge in [-0.15, -0.1) is 0 Å². The van der Waals surface area contributed by atoms with E-state index in [1.54, 1.807) is 7.11 Å². The number of likely N-dealkylation sites (tertiary alicyclic amines) is 1. The minimum Gasteiger partial charge on any atom is -0.493 e. The first-order chi connectivity index (χ1) is 21.1. The van der Waals surface area contributed by atoms with Gasteiger partial charge in [-0.3, -0.25) is 14.5 Å². The lowest BCUT2D eigenvalue weighted by atomic mass is 9.84. The molecular formula is C34H50N3O7+. The van der Waals surface area contributed by atoms with Crippen molar-refractivity contribution in [1.29, 1.82) is 0 Å². The van der Waals surface area contributed by atoms with E-state index in [-0.39, 0.29) is 31.8 Å². The lowest BCUT2D eigenvalue weighted by molar-refractivity contribution is -0.870. The van der Waals surface area contributed by atoms with Gasteiger partial charge in [-0.2, -0.15) is 0 Å². The summed E-state index contributed by atoms with van der Waals surface area (Å²) >= 11 is 0. The average Bonchev–Trinajstić information content (AvgIpc) is 3.60. The number of carbonyl (C=O) groups is 2. The van der Waals surface area contributed by atoms with Gasteiger partial charge in [-0.25, -0.2) is 0 Å². The van der Waals surface area contributed by atoms with Crippen molar-refractivity contribution >= 4 is 11.9 Å². The normalized spacial score (nSPS) is 19.6. The van der Waals surface area contributed by atoms with Gasteiger partial charge in [0.1, 0.15) is 0 Å². The molecule has 0 aliphatic carbocycles. The Morgan fingerprint density at radius 2 is 1.75 bits per heavy atom. The molecular weight excluding hydrogens is 562 g/mol. The zero-order valence-electron chi connectivity index (χ0n) is 27.0. The maximum absolute atomic E-state index is 13.8. The highest BCUT2D eigenvalue weighted by Gasteiger charge is 2.47. The summed E-state index contributed by atoms with van der Waals surface area (Å²) in [5.41, 5.74) is 0.871. The monoisotopic (exact) mass is 612 g/mol. The zero-order chi connectivity index (χ0) is 31.7. The van der Waals surface area contributed by atoms with E-state index in [0.29, 0.717) is 49.1 Å². The van der Waals surface area contributed by atoms with Crippen LogP contribution in [-0.2, 0) is 9.59 Å². The number of rotatable bonds is 17. The van der Waals surface area contributed by atoms with E-state index in [9.17, 15) is 14.7 Å². The van der Waals surface area contributed by atoms with Crippen molar-refractivity contribution in [3.8, 4) is 23.0 Å². The fourth-order valence-electron chi connectivity index (χ4n) is 6.23. The van der Waals surface area contributed by atoms with Gasteiger partial charge in [0, 0.05) is 31.6 Å². The molecule has 0 bridgehead atoms. The van der Waals surface area contributed by atoms with Gasteiger partial charge in [0.25, 0.3) is 0 Å². The lowest BCUT2D eigenvalue weighted by Gasteiger charge is -2.30. The molecule has 0 radical (unpaired) electrons. The van der Waals surface area contributed by atoms with E-state index in [1.165, 1.54) is 0 Å². The predicted octanol–water partition coefficient (Wildman–Crippen LogP) is 4.48. The average molecular weight is 613 g/mol. The number of amides is 1. The highest BCUT2D eigenvalue weighted by atomic mass is 16.7. The van der Waals surface area contributed by atoms with E-state index in [0.717, 1.165) is 42.3 Å². The molecule has 2 aromatic carbocycles. The first kappa shape index (κ1) is 33.4. The Morgan fingerprint density at radius 1 is 1.02 bits per heavy atom. The number of carbonyl (C=O) groups excluding carboxylic acids is 1. The van der Waals surface area contributed by atoms with Gasteiger partial charge in [-0.1, -0.05) is 31.5 Å². The Labute approximate surface area is 262 Å². The Balaban J connectivity index is 1.53. The number of hydrogen-bond acceptors (Lipinski definition) is 7. The number of unbranched alkanes of at least 4 members (excludes halogenated alkanes) is 2. The molecule has 2 aliphatic heterocycles. The summed E-state index contributed by atoms with van der Waals surface area (Å²) in [6, 6.07) is 12.7. The number of carboxylic acid groups (broad SMARTS) is 1. The summed E-state index contributed by atoms with van der Waals surface area (Å²) in [5.74, 6) is 0.631. The largest absolute Gasteiger partial charge is 0.493 e. The molecule has 2 heterocycles. The molecule has 1 fully saturated rings. The van der Waals surface area contributed by atoms with Gasteiger partial charge < -0.3 is 33.4 Å². The Bertz CT molecular complexity index is 1250. The van der Waals surface area contributed by atoms with Gasteiger partial charge in [-0.05, 0) is 55.5 Å². The summed E-state index contributed by atoms with van der Waals surface area (Å²) in [6.45, 7) is 5.66. The number of para-hydroxylation sites is 2. The Morgan fingerprint density at radius 3 is 2.45 bits per heavy atom. The third kappa shape index (κ3) is 8.79. The van der Waals surface area contributed by atoms with Crippen LogP contribution < -0.4 is 18.9 Å². The van der Waals surface area contributed by atoms with E-state index in [1.807, 2.05) is 47.4 Å². The Hall–Kier alpha value is -3.50. The molecule has 0 saturated carbocycles. The number of benzene rings is 2. The van der Waals surface area contributed by atoms with Crippen LogP contribution in [0.3, 0.4) is 0 Å². The topological polar surface area (TPSA) is 97.8 Å². The number of methoxy groups -OCH3 is 1. The van der Waals surface area contributed by atoms with Crippen LogP contribution in [0.15, 0.2) is 42.5 Å². The van der Waals surface area contributed by atoms with Gasteiger partial charge in [0.05, 0.1) is 53.9 Å². The van der Waals surface area contributed by atoms with Crippen molar-refractivity contribution in [3.63, 3.8) is 0 Å². The van der Waals surface area contributed by atoms with E-state index < -0.39 is 17.9 Å². The van der Waals surface area contributed by atoms with Crippen LogP contribution in [0.1, 0.15) is 50.5 Å². The standard InChI is InChI=1S/C34H49N3O7/c1-6-7-17-35(18-10-11-19-37(2,3)4)32(38)23-36-22-26(25-14-15-30-31(21-25)44-24-43-30)33(34(39)40)27(36)16-20-42-29-13-9-8-12-28(29)41-5/h8-9,12-15,21,26-27,33H,6-7,10-11,16-20,22-24H2,1-5H3/p+1/t26-,27+,33?/m1/s1. The fourth-order valence-corrected chi connectivity index (χ4v) is 6.23. The summed E-state index contributed by atoms with van der Waals surface area (Å²) in [5, 5.41) is 10.6. The van der Waals surface area contributed by atoms with Crippen molar-refractivity contribution in [3.05, 3.63) is 48.0 Å². The molecule has 0 aromatic heterocycles. The highest BCUT2D eigenvalue weighted by Crippen LogP contribution is 2.43. The number of ether oxygens (including phenoxy) is 4. The van der Waals surface area contributed by atoms with Gasteiger partial charge in [0.15, 0.2) is 23.0 Å². The van der Waals surface area contributed by atoms with Crippen LogP contribution >= 0.6 is 0 Å². The second-order valence-electron chi connectivity index (χ2n) is 12.8. The molecule has 10 heteroatoms. The third-order valence-electron chi connectivity index (χ3n) is 8.58. The van der Waals surface area contributed by atoms with Crippen molar-refractivity contribution in [2.24, 2.45) is 5.92 Å². The molecule has 1 saturated heterocycles. The number of carboxylic acids is 1. The molecule has 1 N–H and O–H groups in total. The van der Waals surface area contributed by atoms with Crippen LogP contribution in [0.5, 0.6) is 23.0 Å². The molecule has 2 aromatic rings. The van der Waals surface area contributed by atoms with Crippen LogP contribution in [0.4, 0.5) is 0 Å². The summed E-state index contributed by atoms with van der Waals surface area (Å²) in [7, 11) is 8.14. The maximum Gasteiger partial charge on any atom is 0.308 e. The second kappa shape index (κ2) is 15.5. The van der Waals surface area contributed by atoms with E-state index in [2.05, 4.69) is 33.0 Å². The van der Waals surface area contributed by atoms with Crippen molar-refractivity contribution in [2.45, 2.75) is 51.0 Å². The first-order valence-electron chi connectivity index (χ1n) is 15.8. The lowest BCUT2D eigenvalue weighted by Crippen LogP contribution is -2.45. The number of fused-ring (bicyclic) bond motifs is 1. The van der Waals surface area contributed by atoms with Crippen LogP contribution in [0.25, 0.3) is 0 Å². The number of nitrogens with zero attached hydrogens (tertiary/aromatic N) is 3. The minimum absolute atomic E-state index is 0.0508. The quantitative estimate of drug-likeness (QED) is 0.206.